The highest BCUT2D eigenvalue weighted by Gasteiger charge is 2.42. The minimum absolute atomic E-state index is 0. The summed E-state index contributed by atoms with van der Waals surface area (Å²) < 4.78 is 25.8. The molecule has 2 saturated heterocycles. The number of aromatic nitrogens is 4. The number of hydrogen-bond acceptors (Lipinski definition) is 6. The van der Waals surface area contributed by atoms with Gasteiger partial charge in [0, 0.05) is 55.0 Å². The first-order valence-corrected chi connectivity index (χ1v) is 20.0. The molecule has 0 unspecified atom stereocenters. The molecule has 48 heavy (non-hydrogen) atoms. The standard InChI is InChI=1S/C21H32N2O2Si.C15H18N2O2.3CH4/c1-20(2,3)26(4,5)23-11-8-17-14-18(15-22-19(17)23)16-6-9-21(10-7-16)24-12-13-25-21;1-4-15(18-7-8-19-15)5-2-11(1)13-9-12-3-6-16-14(12)17-10-13;;;/h8,11,14-16H,6-7,9-10,12-13H2,1-5H3;3,6,9-11H,1-2,4-5,7-8H2,(H,16,17);3*1H4. The van der Waals surface area contributed by atoms with Crippen LogP contribution < -0.4 is 0 Å². The quantitative estimate of drug-likeness (QED) is 0.217. The van der Waals surface area contributed by atoms with E-state index in [0.717, 1.165) is 89.1 Å². The number of H-pyrrole nitrogens is 1. The normalized spacial score (nSPS) is 22.1. The lowest BCUT2D eigenvalue weighted by molar-refractivity contribution is -0.179. The number of rotatable bonds is 3. The van der Waals surface area contributed by atoms with Crippen molar-refractivity contribution in [3.8, 4) is 0 Å². The molecule has 4 fully saturated rings. The molecule has 8 rings (SSSR count). The van der Waals surface area contributed by atoms with E-state index in [1.165, 1.54) is 21.9 Å². The Labute approximate surface area is 290 Å². The summed E-state index contributed by atoms with van der Waals surface area (Å²) in [6.45, 7) is 14.9. The summed E-state index contributed by atoms with van der Waals surface area (Å²) in [4.78, 5) is 12.5. The summed E-state index contributed by atoms with van der Waals surface area (Å²) in [5.41, 5.74) is 4.84. The molecule has 4 aliphatic rings. The molecule has 0 atom stereocenters. The van der Waals surface area contributed by atoms with Gasteiger partial charge in [0.1, 0.15) is 11.3 Å². The second-order valence-corrected chi connectivity index (χ2v) is 20.2. The summed E-state index contributed by atoms with van der Waals surface area (Å²) in [6.07, 6.45) is 16.8. The van der Waals surface area contributed by atoms with Crippen molar-refractivity contribution in [1.29, 1.82) is 0 Å². The number of pyridine rings is 2. The van der Waals surface area contributed by atoms with Crippen LogP contribution in [0.25, 0.3) is 22.1 Å². The summed E-state index contributed by atoms with van der Waals surface area (Å²) in [7, 11) is -1.65. The fourth-order valence-corrected chi connectivity index (χ4v) is 9.50. The van der Waals surface area contributed by atoms with Crippen molar-refractivity contribution < 1.29 is 18.9 Å². The number of fused-ring (bicyclic) bond motifs is 2. The summed E-state index contributed by atoms with van der Waals surface area (Å²) in [5.74, 6) is 0.619. The second-order valence-electron chi connectivity index (χ2n) is 15.1. The van der Waals surface area contributed by atoms with Crippen LogP contribution in [0.1, 0.15) is 117 Å². The zero-order valence-electron chi connectivity index (χ0n) is 27.7. The van der Waals surface area contributed by atoms with Crippen molar-refractivity contribution in [1.82, 2.24) is 19.2 Å². The average molecular weight is 679 g/mol. The first-order valence-electron chi connectivity index (χ1n) is 17.0. The van der Waals surface area contributed by atoms with Crippen molar-refractivity contribution in [3.05, 3.63) is 60.2 Å². The van der Waals surface area contributed by atoms with Crippen LogP contribution in [0.15, 0.2) is 49.1 Å². The third kappa shape index (κ3) is 7.31. The van der Waals surface area contributed by atoms with Gasteiger partial charge < -0.3 is 28.2 Å². The number of hydrogen-bond donors (Lipinski definition) is 1. The topological polar surface area (TPSA) is 83.4 Å². The fraction of sp³-hybridized carbons (Fsp3) is 0.641. The van der Waals surface area contributed by atoms with E-state index >= 15 is 0 Å². The van der Waals surface area contributed by atoms with Crippen molar-refractivity contribution >= 4 is 30.3 Å². The molecule has 1 N–H and O–H groups in total. The summed E-state index contributed by atoms with van der Waals surface area (Å²) in [6, 6.07) is 8.96. The SMILES string of the molecule is C.C.C.CC(C)(C)[Si](C)(C)n1ccc2cc(C3CCC4(CC3)OCCO4)cnc21.c1cc2cc(C3CCC4(CC3)OCCO4)cnc2[nH]1. The lowest BCUT2D eigenvalue weighted by Crippen LogP contribution is -2.45. The van der Waals surface area contributed by atoms with Crippen LogP contribution in [0, 0.1) is 0 Å². The third-order valence-electron chi connectivity index (χ3n) is 11.5. The maximum Gasteiger partial charge on any atom is 0.168 e. The molecule has 2 aliphatic heterocycles. The van der Waals surface area contributed by atoms with Gasteiger partial charge in [0.2, 0.25) is 0 Å². The number of nitrogens with zero attached hydrogens (tertiary/aromatic N) is 3. The lowest BCUT2D eigenvalue weighted by Gasteiger charge is -2.38. The molecule has 9 heteroatoms. The van der Waals surface area contributed by atoms with Gasteiger partial charge in [0.05, 0.1) is 26.4 Å². The van der Waals surface area contributed by atoms with Gasteiger partial charge in [-0.3, -0.25) is 0 Å². The smallest absolute Gasteiger partial charge is 0.168 e. The van der Waals surface area contributed by atoms with Gasteiger partial charge in [-0.05, 0) is 84.1 Å². The summed E-state index contributed by atoms with van der Waals surface area (Å²) >= 11 is 0. The molecule has 2 aliphatic carbocycles. The Morgan fingerprint density at radius 3 is 1.71 bits per heavy atom. The van der Waals surface area contributed by atoms with Crippen LogP contribution >= 0.6 is 0 Å². The monoisotopic (exact) mass is 678 g/mol. The molecular weight excluding hydrogens is 617 g/mol. The molecule has 0 amide bonds. The number of ether oxygens (including phenoxy) is 4. The first kappa shape index (κ1) is 38.2. The van der Waals surface area contributed by atoms with E-state index in [0.29, 0.717) is 11.8 Å². The first-order chi connectivity index (χ1) is 21.6. The zero-order valence-corrected chi connectivity index (χ0v) is 28.7. The van der Waals surface area contributed by atoms with Crippen LogP contribution in [0.5, 0.6) is 0 Å². The van der Waals surface area contributed by atoms with Crippen molar-refractivity contribution in [2.75, 3.05) is 26.4 Å². The minimum atomic E-state index is -1.65. The van der Waals surface area contributed by atoms with Gasteiger partial charge >= 0.3 is 0 Å². The van der Waals surface area contributed by atoms with Gasteiger partial charge in [-0.25, -0.2) is 9.97 Å². The van der Waals surface area contributed by atoms with Gasteiger partial charge in [-0.2, -0.15) is 0 Å². The number of aromatic amines is 1. The molecule has 8 nitrogen and oxygen atoms in total. The molecule has 0 radical (unpaired) electrons. The second kappa shape index (κ2) is 14.7. The molecule has 4 aromatic heterocycles. The Hall–Kier alpha value is -2.56. The predicted molar refractivity (Wildman–Crippen MR) is 200 cm³/mol. The lowest BCUT2D eigenvalue weighted by atomic mass is 9.81. The maximum atomic E-state index is 5.87. The predicted octanol–water partition coefficient (Wildman–Crippen LogP) is 10.2. The van der Waals surface area contributed by atoms with E-state index < -0.39 is 8.24 Å². The van der Waals surface area contributed by atoms with Crippen LogP contribution in [-0.2, 0) is 18.9 Å². The van der Waals surface area contributed by atoms with Crippen LogP contribution in [0.2, 0.25) is 18.1 Å². The maximum absolute atomic E-state index is 5.87. The van der Waals surface area contributed by atoms with Crippen molar-refractivity contribution in [2.45, 2.75) is 136 Å². The van der Waals surface area contributed by atoms with Gasteiger partial charge in [-0.15, -0.1) is 0 Å². The molecule has 6 heterocycles. The molecule has 4 aromatic rings. The highest BCUT2D eigenvalue weighted by atomic mass is 28.3. The van der Waals surface area contributed by atoms with Crippen LogP contribution in [0.3, 0.4) is 0 Å². The van der Waals surface area contributed by atoms with Crippen molar-refractivity contribution in [3.63, 3.8) is 0 Å². The third-order valence-corrected chi connectivity index (χ3v) is 16.7. The van der Waals surface area contributed by atoms with Gasteiger partial charge in [-0.1, -0.05) is 56.1 Å². The molecule has 2 saturated carbocycles. The zero-order chi connectivity index (χ0) is 31.3. The van der Waals surface area contributed by atoms with E-state index in [2.05, 4.69) is 84.7 Å². The Morgan fingerprint density at radius 2 is 1.21 bits per heavy atom. The van der Waals surface area contributed by atoms with E-state index in [1.807, 2.05) is 12.4 Å². The van der Waals surface area contributed by atoms with E-state index in [4.69, 9.17) is 23.9 Å². The van der Waals surface area contributed by atoms with E-state index in [1.54, 1.807) is 0 Å². The largest absolute Gasteiger partial charge is 0.359 e. The highest BCUT2D eigenvalue weighted by Crippen LogP contribution is 2.44. The molecule has 2 spiro atoms. The average Bonchev–Trinajstić information content (AvgIpc) is 3.85. The molecule has 0 aromatic carbocycles. The Balaban J connectivity index is 0.000000212. The summed E-state index contributed by atoms with van der Waals surface area (Å²) in [5, 5.41) is 2.77. The highest BCUT2D eigenvalue weighted by molar-refractivity contribution is 6.79. The minimum Gasteiger partial charge on any atom is -0.359 e. The molecular formula is C39H62N4O4Si. The molecule has 266 valence electrons. The Kier molecular flexibility index (Phi) is 11.7. The fourth-order valence-electron chi connectivity index (χ4n) is 7.61. The van der Waals surface area contributed by atoms with Gasteiger partial charge in [0.15, 0.2) is 19.8 Å². The van der Waals surface area contributed by atoms with Crippen LogP contribution in [0.4, 0.5) is 0 Å². The van der Waals surface area contributed by atoms with Crippen LogP contribution in [-0.4, -0.2) is 65.4 Å². The van der Waals surface area contributed by atoms with Gasteiger partial charge in [0.25, 0.3) is 0 Å². The van der Waals surface area contributed by atoms with Crippen molar-refractivity contribution in [2.24, 2.45) is 0 Å². The Morgan fingerprint density at radius 1 is 0.729 bits per heavy atom. The van der Waals surface area contributed by atoms with E-state index in [9.17, 15) is 0 Å². The Bertz CT molecular complexity index is 1610. The molecule has 0 bridgehead atoms. The van der Waals surface area contributed by atoms with E-state index in [-0.39, 0.29) is 38.9 Å². The number of nitrogens with one attached hydrogen (secondary N) is 1.